The Morgan fingerprint density at radius 2 is 2.18 bits per heavy atom. The summed E-state index contributed by atoms with van der Waals surface area (Å²) in [6.45, 7) is 2.23. The van der Waals surface area contributed by atoms with Crippen molar-refractivity contribution in [3.8, 4) is 11.3 Å². The second kappa shape index (κ2) is 4.72. The van der Waals surface area contributed by atoms with Crippen molar-refractivity contribution in [3.63, 3.8) is 0 Å². The Morgan fingerprint density at radius 1 is 1.29 bits per heavy atom. The summed E-state index contributed by atoms with van der Waals surface area (Å²) in [5, 5.41) is 7.50. The average molecular weight is 228 g/mol. The van der Waals surface area contributed by atoms with Gasteiger partial charge >= 0.3 is 0 Å². The van der Waals surface area contributed by atoms with Gasteiger partial charge in [0.25, 0.3) is 0 Å². The fraction of sp³-hybridized carbons (Fsp3) is 0.357. The summed E-state index contributed by atoms with van der Waals surface area (Å²) in [7, 11) is 0. The van der Waals surface area contributed by atoms with Crippen molar-refractivity contribution in [2.45, 2.75) is 12.8 Å². The van der Waals surface area contributed by atoms with Crippen LogP contribution in [0.15, 0.2) is 40.9 Å². The highest BCUT2D eigenvalue weighted by Gasteiger charge is 2.17. The van der Waals surface area contributed by atoms with Crippen molar-refractivity contribution in [3.05, 3.63) is 42.2 Å². The molecule has 2 heterocycles. The first-order valence-corrected chi connectivity index (χ1v) is 6.13. The van der Waals surface area contributed by atoms with Gasteiger partial charge < -0.3 is 9.84 Å². The maximum atomic E-state index is 5.40. The Balaban J connectivity index is 1.74. The average Bonchev–Trinajstić information content (AvgIpc) is 3.02. The molecular formula is C14H16N2O. The van der Waals surface area contributed by atoms with Crippen LogP contribution < -0.4 is 5.32 Å². The topological polar surface area (TPSA) is 38.1 Å². The molecule has 0 amide bonds. The monoisotopic (exact) mass is 228 g/mol. The summed E-state index contributed by atoms with van der Waals surface area (Å²) in [5.74, 6) is 1.70. The number of hydrogen-bond donors (Lipinski definition) is 1. The van der Waals surface area contributed by atoms with E-state index >= 15 is 0 Å². The molecule has 1 unspecified atom stereocenters. The van der Waals surface area contributed by atoms with Crippen molar-refractivity contribution in [2.75, 3.05) is 13.1 Å². The lowest BCUT2D eigenvalue weighted by molar-refractivity contribution is 0.365. The minimum absolute atomic E-state index is 0.701. The molecule has 3 rings (SSSR count). The summed E-state index contributed by atoms with van der Waals surface area (Å²) < 4.78 is 5.40. The van der Waals surface area contributed by atoms with E-state index in [0.29, 0.717) is 5.92 Å². The molecule has 1 atom stereocenters. The second-order valence-corrected chi connectivity index (χ2v) is 4.61. The Kier molecular flexibility index (Phi) is 2.92. The van der Waals surface area contributed by atoms with Gasteiger partial charge in [0, 0.05) is 18.1 Å². The van der Waals surface area contributed by atoms with Gasteiger partial charge in [0.05, 0.1) is 0 Å². The number of benzene rings is 1. The first kappa shape index (κ1) is 10.5. The second-order valence-electron chi connectivity index (χ2n) is 4.61. The molecule has 0 saturated carbocycles. The highest BCUT2D eigenvalue weighted by molar-refractivity contribution is 5.58. The van der Waals surface area contributed by atoms with E-state index in [2.05, 4.69) is 28.7 Å². The predicted octanol–water partition coefficient (Wildman–Crippen LogP) is 2.49. The maximum absolute atomic E-state index is 5.40. The molecule has 3 heteroatoms. The molecule has 1 saturated heterocycles. The molecule has 0 spiro atoms. The van der Waals surface area contributed by atoms with E-state index in [4.69, 9.17) is 4.52 Å². The van der Waals surface area contributed by atoms with Crippen molar-refractivity contribution < 1.29 is 4.52 Å². The van der Waals surface area contributed by atoms with Crippen molar-refractivity contribution in [1.29, 1.82) is 0 Å². The molecule has 1 aliphatic heterocycles. The lowest BCUT2D eigenvalue weighted by Gasteiger charge is -2.02. The quantitative estimate of drug-likeness (QED) is 0.877. The molecule has 88 valence electrons. The minimum Gasteiger partial charge on any atom is -0.361 e. The number of nitrogens with one attached hydrogen (secondary N) is 1. The van der Waals surface area contributed by atoms with E-state index in [1.165, 1.54) is 6.42 Å². The third-order valence-electron chi connectivity index (χ3n) is 3.28. The lowest BCUT2D eigenvalue weighted by Crippen LogP contribution is -2.10. The van der Waals surface area contributed by atoms with Crippen LogP contribution >= 0.6 is 0 Å². The standard InChI is InChI=1S/C14H16N2O/c1-2-4-12(5-3-1)14-9-13(17-16-14)8-11-6-7-15-10-11/h1-5,9,11,15H,6-8,10H2. The van der Waals surface area contributed by atoms with Crippen molar-refractivity contribution in [1.82, 2.24) is 10.5 Å². The molecule has 0 radical (unpaired) electrons. The number of hydrogen-bond acceptors (Lipinski definition) is 3. The molecule has 17 heavy (non-hydrogen) atoms. The van der Waals surface area contributed by atoms with E-state index in [1.54, 1.807) is 0 Å². The largest absolute Gasteiger partial charge is 0.361 e. The van der Waals surface area contributed by atoms with Gasteiger partial charge in [-0.2, -0.15) is 0 Å². The van der Waals surface area contributed by atoms with Crippen LogP contribution in [0.5, 0.6) is 0 Å². The lowest BCUT2D eigenvalue weighted by atomic mass is 10.0. The van der Waals surface area contributed by atoms with Gasteiger partial charge in [-0.25, -0.2) is 0 Å². The van der Waals surface area contributed by atoms with Crippen LogP contribution in [-0.2, 0) is 6.42 Å². The van der Waals surface area contributed by atoms with Gasteiger partial charge in [-0.15, -0.1) is 0 Å². The van der Waals surface area contributed by atoms with Crippen LogP contribution in [0.1, 0.15) is 12.2 Å². The molecule has 0 bridgehead atoms. The molecular weight excluding hydrogens is 212 g/mol. The third-order valence-corrected chi connectivity index (χ3v) is 3.28. The van der Waals surface area contributed by atoms with Crippen molar-refractivity contribution >= 4 is 0 Å². The molecule has 2 aromatic rings. The first-order valence-electron chi connectivity index (χ1n) is 6.13. The summed E-state index contributed by atoms with van der Waals surface area (Å²) in [5.41, 5.74) is 2.05. The van der Waals surface area contributed by atoms with Crippen LogP contribution in [0, 0.1) is 5.92 Å². The van der Waals surface area contributed by atoms with Crippen LogP contribution in [0.2, 0.25) is 0 Å². The Bertz CT molecular complexity index is 472. The Morgan fingerprint density at radius 3 is 2.94 bits per heavy atom. The molecule has 1 fully saturated rings. The summed E-state index contributed by atoms with van der Waals surface area (Å²) >= 11 is 0. The van der Waals surface area contributed by atoms with E-state index in [-0.39, 0.29) is 0 Å². The Labute approximate surface area is 101 Å². The summed E-state index contributed by atoms with van der Waals surface area (Å²) in [6, 6.07) is 12.2. The Hall–Kier alpha value is -1.61. The molecule has 1 aromatic carbocycles. The zero-order valence-electron chi connectivity index (χ0n) is 9.73. The molecule has 0 aliphatic carbocycles. The third kappa shape index (κ3) is 2.39. The van der Waals surface area contributed by atoms with Crippen LogP contribution in [-0.4, -0.2) is 18.2 Å². The molecule has 3 nitrogen and oxygen atoms in total. The first-order chi connectivity index (χ1) is 8.42. The maximum Gasteiger partial charge on any atom is 0.137 e. The molecule has 1 N–H and O–H groups in total. The van der Waals surface area contributed by atoms with Gasteiger partial charge in [-0.3, -0.25) is 0 Å². The number of rotatable bonds is 3. The highest BCUT2D eigenvalue weighted by atomic mass is 16.5. The summed E-state index contributed by atoms with van der Waals surface area (Å²) in [6.07, 6.45) is 2.23. The zero-order chi connectivity index (χ0) is 11.5. The summed E-state index contributed by atoms with van der Waals surface area (Å²) in [4.78, 5) is 0. The van der Waals surface area contributed by atoms with Gasteiger partial charge in [-0.1, -0.05) is 35.5 Å². The fourth-order valence-electron chi connectivity index (χ4n) is 2.33. The highest BCUT2D eigenvalue weighted by Crippen LogP contribution is 2.21. The predicted molar refractivity (Wildman–Crippen MR) is 66.6 cm³/mol. The van der Waals surface area contributed by atoms with Crippen LogP contribution in [0.25, 0.3) is 11.3 Å². The van der Waals surface area contributed by atoms with E-state index in [1.807, 2.05) is 18.2 Å². The minimum atomic E-state index is 0.701. The number of nitrogens with zero attached hydrogens (tertiary/aromatic N) is 1. The molecule has 1 aliphatic rings. The smallest absolute Gasteiger partial charge is 0.137 e. The van der Waals surface area contributed by atoms with E-state index in [0.717, 1.165) is 36.5 Å². The van der Waals surface area contributed by atoms with Crippen LogP contribution in [0.3, 0.4) is 0 Å². The van der Waals surface area contributed by atoms with Gasteiger partial charge in [0.1, 0.15) is 11.5 Å². The van der Waals surface area contributed by atoms with Gasteiger partial charge in [-0.05, 0) is 25.4 Å². The van der Waals surface area contributed by atoms with Gasteiger partial charge in [0.15, 0.2) is 0 Å². The fourth-order valence-corrected chi connectivity index (χ4v) is 2.33. The van der Waals surface area contributed by atoms with Gasteiger partial charge in [0.2, 0.25) is 0 Å². The van der Waals surface area contributed by atoms with Crippen molar-refractivity contribution in [2.24, 2.45) is 5.92 Å². The zero-order valence-corrected chi connectivity index (χ0v) is 9.73. The number of aromatic nitrogens is 1. The van der Waals surface area contributed by atoms with Crippen LogP contribution in [0.4, 0.5) is 0 Å². The molecule has 1 aromatic heterocycles. The van der Waals surface area contributed by atoms with E-state index < -0.39 is 0 Å². The SMILES string of the molecule is c1ccc(-c2cc(CC3CCNC3)on2)cc1. The normalized spacial score (nSPS) is 19.6. The van der Waals surface area contributed by atoms with E-state index in [9.17, 15) is 0 Å².